The van der Waals surface area contributed by atoms with Gasteiger partial charge >= 0.3 is 11.8 Å². The number of halogens is 1. The van der Waals surface area contributed by atoms with E-state index in [1.807, 2.05) is 50.2 Å². The molecule has 0 unspecified atom stereocenters. The number of carbonyl (C=O) groups is 3. The van der Waals surface area contributed by atoms with Crippen molar-refractivity contribution in [3.05, 3.63) is 93.6 Å². The zero-order chi connectivity index (χ0) is 26.5. The first kappa shape index (κ1) is 26.2. The van der Waals surface area contributed by atoms with Crippen LogP contribution in [0.1, 0.15) is 46.9 Å². The molecule has 0 bridgehead atoms. The van der Waals surface area contributed by atoms with Crippen LogP contribution in [0.25, 0.3) is 10.9 Å². The number of fused-ring (bicyclic) bond motifs is 1. The van der Waals surface area contributed by atoms with E-state index in [1.165, 1.54) is 10.2 Å². The summed E-state index contributed by atoms with van der Waals surface area (Å²) in [6.45, 7) is 6.10. The average Bonchev–Trinajstić information content (AvgIpc) is 3.23. The number of carbonyl (C=O) groups excluding carboxylic acids is 3. The fourth-order valence-electron chi connectivity index (χ4n) is 3.96. The zero-order valence-electron chi connectivity index (χ0n) is 21.0. The van der Waals surface area contributed by atoms with E-state index in [0.29, 0.717) is 16.9 Å². The number of amides is 3. The summed E-state index contributed by atoms with van der Waals surface area (Å²) in [6.07, 6.45) is 3.17. The summed E-state index contributed by atoms with van der Waals surface area (Å²) in [6, 6.07) is 20.2. The molecule has 1 heterocycles. The third-order valence-corrected chi connectivity index (χ3v) is 6.70. The van der Waals surface area contributed by atoms with Crippen molar-refractivity contribution in [2.75, 3.05) is 16.1 Å². The fourth-order valence-corrected chi connectivity index (χ4v) is 4.34. The highest BCUT2D eigenvalue weighted by molar-refractivity contribution is 9.10. The Bertz CT molecular complexity index is 1470. The van der Waals surface area contributed by atoms with Crippen molar-refractivity contribution < 1.29 is 14.4 Å². The highest BCUT2D eigenvalue weighted by Crippen LogP contribution is 2.24. The van der Waals surface area contributed by atoms with E-state index in [0.717, 1.165) is 40.2 Å². The molecule has 37 heavy (non-hydrogen) atoms. The third kappa shape index (κ3) is 6.27. The Hall–Kier alpha value is -3.91. The van der Waals surface area contributed by atoms with Crippen molar-refractivity contribution in [2.45, 2.75) is 40.0 Å². The number of nitrogens with one attached hydrogen (secondary N) is 3. The molecule has 190 valence electrons. The number of aryl methyl sites for hydroxylation is 3. The molecule has 0 radical (unpaired) electrons. The molecule has 0 saturated carbocycles. The molecule has 0 atom stereocenters. The van der Waals surface area contributed by atoms with Crippen molar-refractivity contribution in [1.82, 2.24) is 4.68 Å². The molecule has 4 aromatic rings. The van der Waals surface area contributed by atoms with E-state index >= 15 is 0 Å². The third-order valence-electron chi connectivity index (χ3n) is 6.21. The second-order valence-corrected chi connectivity index (χ2v) is 9.93. The molecule has 3 amide bonds. The largest absolute Gasteiger partial charge is 0.328 e. The number of hydrogen-bond donors (Lipinski definition) is 3. The van der Waals surface area contributed by atoms with Gasteiger partial charge in [-0.05, 0) is 91.9 Å². The van der Waals surface area contributed by atoms with Crippen molar-refractivity contribution in [2.24, 2.45) is 0 Å². The highest BCUT2D eigenvalue weighted by atomic mass is 79.9. The molecule has 3 aromatic carbocycles. The van der Waals surface area contributed by atoms with Gasteiger partial charge < -0.3 is 10.6 Å². The molecule has 0 aliphatic heterocycles. The molecular formula is C29H29BrN4O3. The Kier molecular flexibility index (Phi) is 8.08. The van der Waals surface area contributed by atoms with Crippen molar-refractivity contribution in [1.29, 1.82) is 0 Å². The standard InChI is InChI=1S/C29H29BrN4O3/c1-4-5-6-20-8-12-23(13-9-20)31-28(36)29(37)33-34-25-14-10-22(30)16-21(25)17-26(34)27(35)32-24-11-7-18(2)19(3)15-24/h7-17H,4-6H2,1-3H3,(H,31,36)(H,32,35)(H,33,37). The number of rotatable bonds is 7. The van der Waals surface area contributed by atoms with Gasteiger partial charge in [0.25, 0.3) is 5.91 Å². The molecule has 4 rings (SSSR count). The number of anilines is 2. The predicted octanol–water partition coefficient (Wildman–Crippen LogP) is 6.32. The monoisotopic (exact) mass is 560 g/mol. The van der Waals surface area contributed by atoms with E-state index in [-0.39, 0.29) is 5.69 Å². The van der Waals surface area contributed by atoms with Crippen molar-refractivity contribution >= 4 is 55.9 Å². The van der Waals surface area contributed by atoms with E-state index in [1.54, 1.807) is 30.3 Å². The van der Waals surface area contributed by atoms with Gasteiger partial charge in [-0.1, -0.05) is 47.5 Å². The molecule has 0 aliphatic rings. The quantitative estimate of drug-likeness (QED) is 0.231. The second kappa shape index (κ2) is 11.4. The molecule has 0 spiro atoms. The van der Waals surface area contributed by atoms with Gasteiger partial charge in [-0.25, -0.2) is 4.68 Å². The Morgan fingerprint density at radius 3 is 2.24 bits per heavy atom. The van der Waals surface area contributed by atoms with E-state index in [2.05, 4.69) is 38.9 Å². The summed E-state index contributed by atoms with van der Waals surface area (Å²) < 4.78 is 2.16. The maximum absolute atomic E-state index is 13.2. The van der Waals surface area contributed by atoms with Gasteiger partial charge in [0, 0.05) is 21.2 Å². The molecule has 0 fully saturated rings. The number of nitrogens with zero attached hydrogens (tertiary/aromatic N) is 1. The van der Waals surface area contributed by atoms with Crippen LogP contribution in [0.2, 0.25) is 0 Å². The number of hydrogen-bond acceptors (Lipinski definition) is 3. The van der Waals surface area contributed by atoms with E-state index in [4.69, 9.17) is 0 Å². The minimum Gasteiger partial charge on any atom is -0.321 e. The minimum absolute atomic E-state index is 0.188. The van der Waals surface area contributed by atoms with Crippen LogP contribution in [0, 0.1) is 13.8 Å². The van der Waals surface area contributed by atoms with Gasteiger partial charge in [0.1, 0.15) is 5.69 Å². The first-order valence-corrected chi connectivity index (χ1v) is 13.0. The maximum Gasteiger partial charge on any atom is 0.328 e. The first-order chi connectivity index (χ1) is 17.7. The van der Waals surface area contributed by atoms with Gasteiger partial charge in [0.2, 0.25) is 0 Å². The van der Waals surface area contributed by atoms with Crippen LogP contribution < -0.4 is 16.1 Å². The molecule has 3 N–H and O–H groups in total. The number of benzene rings is 3. The molecule has 8 heteroatoms. The maximum atomic E-state index is 13.2. The SMILES string of the molecule is CCCCc1ccc(NC(=O)C(=O)Nn2c(C(=O)Nc3ccc(C)c(C)c3)cc3cc(Br)ccc32)cc1. The van der Waals surface area contributed by atoms with Crippen LogP contribution in [0.3, 0.4) is 0 Å². The van der Waals surface area contributed by atoms with Gasteiger partial charge in [-0.3, -0.25) is 19.8 Å². The Morgan fingerprint density at radius 2 is 1.54 bits per heavy atom. The van der Waals surface area contributed by atoms with Crippen LogP contribution in [-0.2, 0) is 16.0 Å². The topological polar surface area (TPSA) is 92.2 Å². The predicted molar refractivity (Wildman–Crippen MR) is 152 cm³/mol. The summed E-state index contributed by atoms with van der Waals surface area (Å²) in [7, 11) is 0. The fraction of sp³-hybridized carbons (Fsp3) is 0.207. The lowest BCUT2D eigenvalue weighted by Gasteiger charge is -2.13. The Labute approximate surface area is 224 Å². The van der Waals surface area contributed by atoms with Crippen molar-refractivity contribution in [3.63, 3.8) is 0 Å². The van der Waals surface area contributed by atoms with Crippen LogP contribution >= 0.6 is 15.9 Å². The first-order valence-electron chi connectivity index (χ1n) is 12.2. The van der Waals surface area contributed by atoms with Crippen LogP contribution in [-0.4, -0.2) is 22.4 Å². The summed E-state index contributed by atoms with van der Waals surface area (Å²) in [5.74, 6) is -2.14. The van der Waals surface area contributed by atoms with Gasteiger partial charge in [-0.2, -0.15) is 0 Å². The number of aromatic nitrogens is 1. The summed E-state index contributed by atoms with van der Waals surface area (Å²) >= 11 is 3.44. The average molecular weight is 561 g/mol. The van der Waals surface area contributed by atoms with Gasteiger partial charge in [0.05, 0.1) is 5.52 Å². The number of unbranched alkanes of at least 4 members (excludes halogenated alkanes) is 1. The van der Waals surface area contributed by atoms with E-state index in [9.17, 15) is 14.4 Å². The second-order valence-electron chi connectivity index (χ2n) is 9.02. The smallest absolute Gasteiger partial charge is 0.321 e. The lowest BCUT2D eigenvalue weighted by molar-refractivity contribution is -0.133. The lowest BCUT2D eigenvalue weighted by Crippen LogP contribution is -2.36. The minimum atomic E-state index is -0.893. The molecule has 7 nitrogen and oxygen atoms in total. The van der Waals surface area contributed by atoms with Gasteiger partial charge in [0.15, 0.2) is 0 Å². The van der Waals surface area contributed by atoms with E-state index < -0.39 is 17.7 Å². The molecule has 0 saturated heterocycles. The zero-order valence-corrected chi connectivity index (χ0v) is 22.6. The van der Waals surface area contributed by atoms with Crippen molar-refractivity contribution in [3.8, 4) is 0 Å². The molecular weight excluding hydrogens is 532 g/mol. The van der Waals surface area contributed by atoms with Gasteiger partial charge in [-0.15, -0.1) is 0 Å². The summed E-state index contributed by atoms with van der Waals surface area (Å²) in [5, 5.41) is 6.23. The summed E-state index contributed by atoms with van der Waals surface area (Å²) in [5.41, 5.74) is 7.85. The lowest BCUT2D eigenvalue weighted by atomic mass is 10.1. The van der Waals surface area contributed by atoms with Crippen LogP contribution in [0.4, 0.5) is 11.4 Å². The highest BCUT2D eigenvalue weighted by Gasteiger charge is 2.21. The van der Waals surface area contributed by atoms with Crippen LogP contribution in [0.15, 0.2) is 71.2 Å². The molecule has 1 aromatic heterocycles. The normalized spacial score (nSPS) is 10.8. The Balaban J connectivity index is 1.55. The van der Waals surface area contributed by atoms with Crippen LogP contribution in [0.5, 0.6) is 0 Å². The molecule has 0 aliphatic carbocycles. The summed E-state index contributed by atoms with van der Waals surface area (Å²) in [4.78, 5) is 38.8. The Morgan fingerprint density at radius 1 is 0.811 bits per heavy atom.